The molecule has 2 aromatic carbocycles. The van der Waals surface area contributed by atoms with Gasteiger partial charge in [0.2, 0.25) is 0 Å². The number of allylic oxidation sites excluding steroid dienone is 2. The summed E-state index contributed by atoms with van der Waals surface area (Å²) in [6.45, 7) is 3.92. The van der Waals surface area contributed by atoms with Gasteiger partial charge in [0.25, 0.3) is 0 Å². The van der Waals surface area contributed by atoms with Gasteiger partial charge in [-0.15, -0.1) is 10.2 Å². The molecule has 0 saturated heterocycles. The van der Waals surface area contributed by atoms with Crippen LogP contribution in [0.25, 0.3) is 16.7 Å². The molecule has 4 rings (SSSR count). The van der Waals surface area contributed by atoms with Gasteiger partial charge >= 0.3 is 11.9 Å². The summed E-state index contributed by atoms with van der Waals surface area (Å²) in [5.74, 6) is -1.30. The van der Waals surface area contributed by atoms with Gasteiger partial charge in [-0.25, -0.2) is 9.59 Å². The van der Waals surface area contributed by atoms with E-state index in [1.165, 1.54) is 20.3 Å². The molecule has 0 unspecified atom stereocenters. The van der Waals surface area contributed by atoms with Gasteiger partial charge < -0.3 is 14.4 Å². The van der Waals surface area contributed by atoms with Crippen LogP contribution < -0.4 is 4.90 Å². The van der Waals surface area contributed by atoms with Crippen molar-refractivity contribution >= 4 is 28.7 Å². The van der Waals surface area contributed by atoms with E-state index in [1.54, 1.807) is 28.0 Å². The zero-order valence-corrected chi connectivity index (χ0v) is 18.2. The number of ether oxygens (including phenoxy) is 2. The number of benzene rings is 2. The first kappa shape index (κ1) is 21.0. The molecule has 8 heteroatoms. The molecule has 162 valence electrons. The number of rotatable bonds is 4. The number of methoxy groups -OCH3 is 2. The van der Waals surface area contributed by atoms with Crippen LogP contribution in [0, 0.1) is 13.8 Å². The molecule has 0 N–H and O–H groups in total. The van der Waals surface area contributed by atoms with E-state index in [1.807, 2.05) is 50.2 Å². The smallest absolute Gasteiger partial charge is 0.355 e. The number of anilines is 1. The van der Waals surface area contributed by atoms with Gasteiger partial charge in [-0.1, -0.05) is 23.8 Å². The van der Waals surface area contributed by atoms with Gasteiger partial charge in [-0.3, -0.25) is 0 Å². The van der Waals surface area contributed by atoms with E-state index in [4.69, 9.17) is 9.47 Å². The fraction of sp³-hybridized carbons (Fsp3) is 0.167. The zero-order valence-electron chi connectivity index (χ0n) is 18.2. The summed E-state index contributed by atoms with van der Waals surface area (Å²) in [5, 5.41) is 9.19. The molecule has 1 aromatic heterocycles. The van der Waals surface area contributed by atoms with Crippen LogP contribution in [0.3, 0.4) is 0 Å². The number of esters is 2. The monoisotopic (exact) mass is 430 g/mol. The highest BCUT2D eigenvalue weighted by Gasteiger charge is 2.28. The summed E-state index contributed by atoms with van der Waals surface area (Å²) in [6, 6.07) is 11.6. The maximum Gasteiger partial charge on any atom is 0.355 e. The third-order valence-corrected chi connectivity index (χ3v) is 5.11. The van der Waals surface area contributed by atoms with Crippen LogP contribution in [0.15, 0.2) is 72.1 Å². The number of fused-ring (bicyclic) bond motifs is 1. The van der Waals surface area contributed by atoms with Crippen LogP contribution in [-0.4, -0.2) is 41.2 Å². The summed E-state index contributed by atoms with van der Waals surface area (Å²) in [5.41, 5.74) is 4.98. The highest BCUT2D eigenvalue weighted by Crippen LogP contribution is 2.31. The number of carbonyl (C=O) groups is 2. The average molecular weight is 430 g/mol. The van der Waals surface area contributed by atoms with Crippen LogP contribution in [0.2, 0.25) is 0 Å². The van der Waals surface area contributed by atoms with Gasteiger partial charge in [0.15, 0.2) is 0 Å². The van der Waals surface area contributed by atoms with E-state index >= 15 is 0 Å². The van der Waals surface area contributed by atoms with Crippen molar-refractivity contribution in [3.8, 4) is 5.69 Å². The third-order valence-electron chi connectivity index (χ3n) is 5.11. The minimum Gasteiger partial charge on any atom is -0.465 e. The Balaban J connectivity index is 1.87. The van der Waals surface area contributed by atoms with Crippen LogP contribution in [0.5, 0.6) is 0 Å². The molecule has 0 bridgehead atoms. The van der Waals surface area contributed by atoms with Gasteiger partial charge in [-0.2, -0.15) is 4.80 Å². The van der Waals surface area contributed by atoms with Crippen LogP contribution in [0.4, 0.5) is 5.69 Å². The van der Waals surface area contributed by atoms with Crippen molar-refractivity contribution < 1.29 is 19.1 Å². The summed E-state index contributed by atoms with van der Waals surface area (Å²) < 4.78 is 9.85. The van der Waals surface area contributed by atoms with E-state index in [0.29, 0.717) is 16.7 Å². The second-order valence-electron chi connectivity index (χ2n) is 7.27. The third kappa shape index (κ3) is 3.78. The van der Waals surface area contributed by atoms with Crippen molar-refractivity contribution in [1.29, 1.82) is 0 Å². The van der Waals surface area contributed by atoms with E-state index < -0.39 is 11.9 Å². The van der Waals surface area contributed by atoms with Crippen molar-refractivity contribution in [2.24, 2.45) is 0 Å². The van der Waals surface area contributed by atoms with Crippen molar-refractivity contribution in [1.82, 2.24) is 15.0 Å². The lowest BCUT2D eigenvalue weighted by Crippen LogP contribution is -2.27. The largest absolute Gasteiger partial charge is 0.465 e. The number of hydrogen-bond acceptors (Lipinski definition) is 7. The number of hydrogen-bond donors (Lipinski definition) is 0. The highest BCUT2D eigenvalue weighted by atomic mass is 16.5. The van der Waals surface area contributed by atoms with Gasteiger partial charge in [0.1, 0.15) is 16.7 Å². The lowest BCUT2D eigenvalue weighted by molar-refractivity contribution is -0.139. The molecule has 8 nitrogen and oxygen atoms in total. The van der Waals surface area contributed by atoms with Crippen molar-refractivity contribution in [2.75, 3.05) is 19.1 Å². The molecule has 0 fully saturated rings. The number of carbonyl (C=O) groups excluding carboxylic acids is 2. The van der Waals surface area contributed by atoms with E-state index in [9.17, 15) is 9.59 Å². The Morgan fingerprint density at radius 2 is 1.53 bits per heavy atom. The maximum absolute atomic E-state index is 12.7. The lowest BCUT2D eigenvalue weighted by atomic mass is 10.1. The van der Waals surface area contributed by atoms with E-state index in [0.717, 1.165) is 16.8 Å². The Morgan fingerprint density at radius 3 is 2.19 bits per heavy atom. The number of aromatic nitrogens is 3. The first-order chi connectivity index (χ1) is 15.4. The number of aryl methyl sites for hydroxylation is 2. The Bertz CT molecular complexity index is 1300. The Morgan fingerprint density at radius 1 is 0.875 bits per heavy atom. The molecule has 0 atom stereocenters. The Hall–Kier alpha value is -4.20. The van der Waals surface area contributed by atoms with E-state index in [-0.39, 0.29) is 11.3 Å². The molecule has 0 radical (unpaired) electrons. The fourth-order valence-corrected chi connectivity index (χ4v) is 3.46. The molecular formula is C24H22N4O4. The summed E-state index contributed by atoms with van der Waals surface area (Å²) in [7, 11) is 2.53. The van der Waals surface area contributed by atoms with Gasteiger partial charge in [-0.05, 0) is 55.8 Å². The van der Waals surface area contributed by atoms with Gasteiger partial charge in [0.05, 0.1) is 31.2 Å². The molecule has 1 aliphatic rings. The Labute approximate surface area is 185 Å². The molecule has 32 heavy (non-hydrogen) atoms. The summed E-state index contributed by atoms with van der Waals surface area (Å²) >= 11 is 0. The molecular weight excluding hydrogens is 408 g/mol. The zero-order chi connectivity index (χ0) is 22.8. The van der Waals surface area contributed by atoms with Crippen molar-refractivity contribution in [3.05, 3.63) is 83.2 Å². The molecule has 0 spiro atoms. The predicted octanol–water partition coefficient (Wildman–Crippen LogP) is 3.53. The first-order valence-corrected chi connectivity index (χ1v) is 9.92. The first-order valence-electron chi connectivity index (χ1n) is 9.92. The maximum atomic E-state index is 12.7. The van der Waals surface area contributed by atoms with Crippen molar-refractivity contribution in [2.45, 2.75) is 13.8 Å². The second kappa shape index (κ2) is 8.50. The average Bonchev–Trinajstić information content (AvgIpc) is 3.07. The molecule has 0 aliphatic carbocycles. The molecule has 0 amide bonds. The summed E-state index contributed by atoms with van der Waals surface area (Å²) in [4.78, 5) is 28.3. The standard InChI is InChI=1S/C24H22N4O4/c1-15-8-10-17(11-9-15)28-25-19-13-16(2)21(14-20(19)26-28)27-12-6-5-7-18(23(29)31-3)22(27)24(30)32-4/h5-14H,1-4H3. The SMILES string of the molecule is COC(=O)C1=C(C(=O)OC)N(c2cc3nn(-c4ccc(C)cc4)nc3cc2C)C=CC=C1. The van der Waals surface area contributed by atoms with E-state index in [2.05, 4.69) is 10.2 Å². The highest BCUT2D eigenvalue weighted by molar-refractivity contribution is 6.05. The van der Waals surface area contributed by atoms with Crippen LogP contribution >= 0.6 is 0 Å². The molecule has 0 saturated carbocycles. The molecule has 1 aliphatic heterocycles. The predicted molar refractivity (Wildman–Crippen MR) is 120 cm³/mol. The quantitative estimate of drug-likeness (QED) is 0.585. The topological polar surface area (TPSA) is 86.6 Å². The minimum atomic E-state index is -0.663. The Kier molecular flexibility index (Phi) is 5.59. The normalized spacial score (nSPS) is 13.4. The lowest BCUT2D eigenvalue weighted by Gasteiger charge is -2.24. The van der Waals surface area contributed by atoms with Crippen LogP contribution in [0.1, 0.15) is 11.1 Å². The second-order valence-corrected chi connectivity index (χ2v) is 7.27. The summed E-state index contributed by atoms with van der Waals surface area (Å²) in [6.07, 6.45) is 6.61. The molecule has 3 aromatic rings. The number of nitrogens with zero attached hydrogens (tertiary/aromatic N) is 4. The van der Waals surface area contributed by atoms with Crippen LogP contribution in [-0.2, 0) is 19.1 Å². The minimum absolute atomic E-state index is 0.0535. The molecule has 2 heterocycles. The van der Waals surface area contributed by atoms with Gasteiger partial charge in [0, 0.05) is 6.20 Å². The fourth-order valence-electron chi connectivity index (χ4n) is 3.46. The van der Waals surface area contributed by atoms with Crippen molar-refractivity contribution in [3.63, 3.8) is 0 Å².